The Labute approximate surface area is 104 Å². The summed E-state index contributed by atoms with van der Waals surface area (Å²) in [6, 6.07) is 6.56. The van der Waals surface area contributed by atoms with Crippen LogP contribution in [0.4, 0.5) is 5.69 Å². The van der Waals surface area contributed by atoms with Crippen LogP contribution in [0.5, 0.6) is 5.75 Å². The van der Waals surface area contributed by atoms with Gasteiger partial charge in [0.25, 0.3) is 0 Å². The molecule has 3 heteroatoms. The Morgan fingerprint density at radius 1 is 1.41 bits per heavy atom. The van der Waals surface area contributed by atoms with Crippen LogP contribution in [0.25, 0.3) is 0 Å². The second-order valence-corrected chi connectivity index (χ2v) is 4.43. The summed E-state index contributed by atoms with van der Waals surface area (Å²) < 4.78 is 5.34. The van der Waals surface area contributed by atoms with Crippen molar-refractivity contribution >= 4 is 5.69 Å². The van der Waals surface area contributed by atoms with Gasteiger partial charge in [-0.2, -0.15) is 0 Å². The second kappa shape index (κ2) is 7.17. The first-order valence-corrected chi connectivity index (χ1v) is 6.33. The van der Waals surface area contributed by atoms with Crippen LogP contribution in [0, 0.1) is 0 Å². The Bertz CT molecular complexity index is 337. The van der Waals surface area contributed by atoms with E-state index in [0.717, 1.165) is 37.2 Å². The average Bonchev–Trinajstić information content (AvgIpc) is 2.34. The Morgan fingerprint density at radius 3 is 2.76 bits per heavy atom. The van der Waals surface area contributed by atoms with Crippen LogP contribution >= 0.6 is 0 Å². The number of ether oxygens (including phenoxy) is 1. The maximum absolute atomic E-state index is 5.72. The minimum atomic E-state index is 0.278. The zero-order valence-electron chi connectivity index (χ0n) is 11.1. The Balaban J connectivity index is 2.55. The maximum atomic E-state index is 5.72. The van der Waals surface area contributed by atoms with Gasteiger partial charge in [0.2, 0.25) is 0 Å². The van der Waals surface area contributed by atoms with Crippen molar-refractivity contribution in [3.8, 4) is 5.75 Å². The molecule has 96 valence electrons. The maximum Gasteiger partial charge on any atom is 0.141 e. The molecule has 0 saturated carbocycles. The predicted octanol–water partition coefficient (Wildman–Crippen LogP) is 2.80. The molecule has 17 heavy (non-hydrogen) atoms. The van der Waals surface area contributed by atoms with Crippen LogP contribution < -0.4 is 15.8 Å². The summed E-state index contributed by atoms with van der Waals surface area (Å²) in [5, 5.41) is 3.41. The van der Waals surface area contributed by atoms with E-state index in [1.807, 2.05) is 13.0 Å². The SMILES string of the molecule is CCc1ccc(OC)c(NCCCC(C)N)c1. The summed E-state index contributed by atoms with van der Waals surface area (Å²) >= 11 is 0. The van der Waals surface area contributed by atoms with E-state index in [2.05, 4.69) is 24.4 Å². The zero-order valence-corrected chi connectivity index (χ0v) is 11.1. The van der Waals surface area contributed by atoms with Gasteiger partial charge in [-0.25, -0.2) is 0 Å². The molecule has 3 nitrogen and oxygen atoms in total. The largest absolute Gasteiger partial charge is 0.495 e. The highest BCUT2D eigenvalue weighted by molar-refractivity contribution is 5.58. The molecule has 0 aliphatic rings. The lowest BCUT2D eigenvalue weighted by Crippen LogP contribution is -2.16. The molecule has 0 radical (unpaired) electrons. The molecular formula is C14H24N2O. The van der Waals surface area contributed by atoms with E-state index in [9.17, 15) is 0 Å². The Hall–Kier alpha value is -1.22. The number of rotatable bonds is 7. The standard InChI is InChI=1S/C14H24N2O/c1-4-12-7-8-14(17-3)13(10-12)16-9-5-6-11(2)15/h7-8,10-11,16H,4-6,9,15H2,1-3H3. The molecule has 1 unspecified atom stereocenters. The molecule has 0 amide bonds. The number of anilines is 1. The van der Waals surface area contributed by atoms with Gasteiger partial charge < -0.3 is 15.8 Å². The van der Waals surface area contributed by atoms with Gasteiger partial charge in [-0.05, 0) is 43.9 Å². The third-order valence-electron chi connectivity index (χ3n) is 2.82. The van der Waals surface area contributed by atoms with Gasteiger partial charge >= 0.3 is 0 Å². The van der Waals surface area contributed by atoms with E-state index >= 15 is 0 Å². The Morgan fingerprint density at radius 2 is 2.18 bits per heavy atom. The number of aryl methyl sites for hydroxylation is 1. The molecule has 0 bridgehead atoms. The van der Waals surface area contributed by atoms with Crippen LogP contribution in [-0.4, -0.2) is 19.7 Å². The first-order chi connectivity index (χ1) is 8.17. The van der Waals surface area contributed by atoms with Gasteiger partial charge in [-0.15, -0.1) is 0 Å². The molecule has 3 N–H and O–H groups in total. The lowest BCUT2D eigenvalue weighted by Gasteiger charge is -2.13. The van der Waals surface area contributed by atoms with Gasteiger partial charge in [-0.1, -0.05) is 13.0 Å². The van der Waals surface area contributed by atoms with Crippen molar-refractivity contribution in [1.82, 2.24) is 0 Å². The molecule has 0 aromatic heterocycles. The van der Waals surface area contributed by atoms with E-state index in [4.69, 9.17) is 10.5 Å². The third-order valence-corrected chi connectivity index (χ3v) is 2.82. The predicted molar refractivity (Wildman–Crippen MR) is 73.7 cm³/mol. The number of benzene rings is 1. The highest BCUT2D eigenvalue weighted by Crippen LogP contribution is 2.25. The lowest BCUT2D eigenvalue weighted by atomic mass is 10.1. The number of hydrogen-bond acceptors (Lipinski definition) is 3. The fourth-order valence-corrected chi connectivity index (χ4v) is 1.76. The zero-order chi connectivity index (χ0) is 12.7. The molecule has 0 spiro atoms. The van der Waals surface area contributed by atoms with Crippen LogP contribution in [-0.2, 0) is 6.42 Å². The Kier molecular flexibility index (Phi) is 5.84. The van der Waals surface area contributed by atoms with Crippen molar-refractivity contribution in [2.75, 3.05) is 19.0 Å². The van der Waals surface area contributed by atoms with Crippen LogP contribution in [0.15, 0.2) is 18.2 Å². The minimum absolute atomic E-state index is 0.278. The van der Waals surface area contributed by atoms with Crippen LogP contribution in [0.3, 0.4) is 0 Å². The van der Waals surface area contributed by atoms with Crippen molar-refractivity contribution in [3.05, 3.63) is 23.8 Å². The molecule has 0 fully saturated rings. The summed E-state index contributed by atoms with van der Waals surface area (Å²) in [6.07, 6.45) is 3.17. The summed E-state index contributed by atoms with van der Waals surface area (Å²) in [5.41, 5.74) is 8.12. The van der Waals surface area contributed by atoms with Gasteiger partial charge in [0, 0.05) is 12.6 Å². The van der Waals surface area contributed by atoms with Crippen LogP contribution in [0.2, 0.25) is 0 Å². The number of methoxy groups -OCH3 is 1. The van der Waals surface area contributed by atoms with E-state index < -0.39 is 0 Å². The fraction of sp³-hybridized carbons (Fsp3) is 0.571. The quantitative estimate of drug-likeness (QED) is 0.716. The number of hydrogen-bond donors (Lipinski definition) is 2. The molecule has 0 aliphatic carbocycles. The number of nitrogens with one attached hydrogen (secondary N) is 1. The molecule has 0 saturated heterocycles. The summed E-state index contributed by atoms with van der Waals surface area (Å²) in [4.78, 5) is 0. The van der Waals surface area contributed by atoms with Gasteiger partial charge in [0.15, 0.2) is 0 Å². The van der Waals surface area contributed by atoms with Crippen molar-refractivity contribution < 1.29 is 4.74 Å². The van der Waals surface area contributed by atoms with Crippen molar-refractivity contribution in [1.29, 1.82) is 0 Å². The monoisotopic (exact) mass is 236 g/mol. The summed E-state index contributed by atoms with van der Waals surface area (Å²) in [5.74, 6) is 0.906. The summed E-state index contributed by atoms with van der Waals surface area (Å²) in [7, 11) is 1.70. The van der Waals surface area contributed by atoms with E-state index in [1.54, 1.807) is 7.11 Å². The molecular weight excluding hydrogens is 212 g/mol. The average molecular weight is 236 g/mol. The first-order valence-electron chi connectivity index (χ1n) is 6.33. The highest BCUT2D eigenvalue weighted by atomic mass is 16.5. The normalized spacial score (nSPS) is 12.2. The molecule has 0 aliphatic heterocycles. The fourth-order valence-electron chi connectivity index (χ4n) is 1.76. The van der Waals surface area contributed by atoms with Crippen molar-refractivity contribution in [3.63, 3.8) is 0 Å². The van der Waals surface area contributed by atoms with Gasteiger partial charge in [-0.3, -0.25) is 0 Å². The molecule has 1 atom stereocenters. The van der Waals surface area contributed by atoms with E-state index in [-0.39, 0.29) is 6.04 Å². The highest BCUT2D eigenvalue weighted by Gasteiger charge is 2.03. The van der Waals surface area contributed by atoms with E-state index in [0.29, 0.717) is 0 Å². The van der Waals surface area contributed by atoms with Gasteiger partial charge in [0.05, 0.1) is 12.8 Å². The first kappa shape index (κ1) is 13.8. The second-order valence-electron chi connectivity index (χ2n) is 4.43. The van der Waals surface area contributed by atoms with Gasteiger partial charge in [0.1, 0.15) is 5.75 Å². The molecule has 1 rings (SSSR count). The molecule has 1 aromatic rings. The minimum Gasteiger partial charge on any atom is -0.495 e. The third kappa shape index (κ3) is 4.65. The topological polar surface area (TPSA) is 47.3 Å². The smallest absolute Gasteiger partial charge is 0.141 e. The lowest BCUT2D eigenvalue weighted by molar-refractivity contribution is 0.416. The van der Waals surface area contributed by atoms with E-state index in [1.165, 1.54) is 5.56 Å². The molecule has 1 aromatic carbocycles. The van der Waals surface area contributed by atoms with Crippen LogP contribution in [0.1, 0.15) is 32.3 Å². The van der Waals surface area contributed by atoms with Crippen molar-refractivity contribution in [2.24, 2.45) is 5.73 Å². The van der Waals surface area contributed by atoms with Crippen molar-refractivity contribution in [2.45, 2.75) is 39.2 Å². The molecule has 0 heterocycles. The number of nitrogens with two attached hydrogens (primary N) is 1. The summed E-state index contributed by atoms with van der Waals surface area (Å²) in [6.45, 7) is 5.13.